The molecule has 1 heterocycles. The third-order valence-electron chi connectivity index (χ3n) is 4.27. The molecule has 0 saturated carbocycles. The number of benzene rings is 3. The first kappa shape index (κ1) is 13.8. The molecule has 1 aromatic heterocycles. The quantitative estimate of drug-likeness (QED) is 0.399. The van der Waals surface area contributed by atoms with Crippen molar-refractivity contribution >= 4 is 33.8 Å². The van der Waals surface area contributed by atoms with Gasteiger partial charge in [0, 0.05) is 0 Å². The number of hydrogen-bond donors (Lipinski definition) is 0. The van der Waals surface area contributed by atoms with Crippen LogP contribution in [0.5, 0.6) is 0 Å². The van der Waals surface area contributed by atoms with Crippen LogP contribution >= 0.6 is 0 Å². The normalized spacial score (nSPS) is 11.6. The van der Waals surface area contributed by atoms with Crippen molar-refractivity contribution in [2.75, 3.05) is 0 Å². The summed E-state index contributed by atoms with van der Waals surface area (Å²) in [6, 6.07) is 24.7. The molecule has 0 saturated heterocycles. The first-order valence-corrected chi connectivity index (χ1v) is 9.45. The molecule has 4 rings (SSSR count). The Hall–Kier alpha value is -1.82. The zero-order chi connectivity index (χ0) is 15.1. The predicted octanol–water partition coefficient (Wildman–Crippen LogP) is 5.84. The fraction of sp³-hybridized carbons (Fsp3) is 0.143. The van der Waals surface area contributed by atoms with Gasteiger partial charge in [0.15, 0.2) is 0 Å². The van der Waals surface area contributed by atoms with Crippen LogP contribution < -0.4 is 0 Å². The summed E-state index contributed by atoms with van der Waals surface area (Å²) < 4.78 is 3.04. The summed E-state index contributed by atoms with van der Waals surface area (Å²) in [6.45, 7) is 4.53. The van der Waals surface area contributed by atoms with E-state index in [0.29, 0.717) is 20.4 Å². The van der Waals surface area contributed by atoms with Gasteiger partial charge >= 0.3 is 137 Å². The van der Waals surface area contributed by atoms with Crippen LogP contribution in [0, 0.1) is 0 Å². The summed E-state index contributed by atoms with van der Waals surface area (Å²) in [5.74, 6) is 0.583. The van der Waals surface area contributed by atoms with Gasteiger partial charge in [0.25, 0.3) is 0 Å². The van der Waals surface area contributed by atoms with E-state index < -0.39 is 0 Å². The number of rotatable bonds is 2. The molecule has 0 aliphatic rings. The first-order valence-electron chi connectivity index (χ1n) is 7.74. The minimum absolute atomic E-state index is 0.454. The van der Waals surface area contributed by atoms with E-state index in [2.05, 4.69) is 80.6 Å². The standard InChI is InChI=1S/C21H18Se/c1-14(2)16-8-10-20-18(12-16)19-13-17(9-11-21(19)22-20)15-6-4-3-5-7-15/h3-14H,1-2H3. The Kier molecular flexibility index (Phi) is 3.41. The van der Waals surface area contributed by atoms with Gasteiger partial charge in [0.1, 0.15) is 0 Å². The SMILES string of the molecule is CC(C)c1ccc2[se]c3ccc(-c4ccccc4)cc3c2c1. The van der Waals surface area contributed by atoms with E-state index in [1.165, 1.54) is 36.0 Å². The fourth-order valence-corrected chi connectivity index (χ4v) is 5.20. The molecule has 0 amide bonds. The zero-order valence-electron chi connectivity index (χ0n) is 12.8. The molecular formula is C21H18Se. The summed E-state index contributed by atoms with van der Waals surface area (Å²) in [5, 5.41) is 2.90. The van der Waals surface area contributed by atoms with Crippen LogP contribution in [0.4, 0.5) is 0 Å². The topological polar surface area (TPSA) is 0 Å². The van der Waals surface area contributed by atoms with E-state index in [4.69, 9.17) is 0 Å². The molecule has 3 aromatic carbocycles. The van der Waals surface area contributed by atoms with Crippen molar-refractivity contribution in [2.24, 2.45) is 0 Å². The van der Waals surface area contributed by atoms with Crippen LogP contribution in [-0.2, 0) is 0 Å². The van der Waals surface area contributed by atoms with Crippen LogP contribution in [0.1, 0.15) is 25.3 Å². The molecule has 4 aromatic rings. The Balaban J connectivity index is 1.97. The molecule has 0 N–H and O–H groups in total. The maximum atomic E-state index is 2.41. The van der Waals surface area contributed by atoms with Crippen molar-refractivity contribution in [3.8, 4) is 11.1 Å². The summed E-state index contributed by atoms with van der Waals surface area (Å²) in [5.41, 5.74) is 4.05. The molecule has 0 radical (unpaired) electrons. The van der Waals surface area contributed by atoms with Gasteiger partial charge in [-0.3, -0.25) is 0 Å². The van der Waals surface area contributed by atoms with E-state index in [0.717, 1.165) is 0 Å². The number of hydrogen-bond acceptors (Lipinski definition) is 0. The molecule has 0 nitrogen and oxygen atoms in total. The Morgan fingerprint density at radius 1 is 0.682 bits per heavy atom. The average molecular weight is 349 g/mol. The van der Waals surface area contributed by atoms with Crippen molar-refractivity contribution in [1.29, 1.82) is 0 Å². The molecule has 0 bridgehead atoms. The Morgan fingerprint density at radius 3 is 2.09 bits per heavy atom. The second kappa shape index (κ2) is 5.43. The third-order valence-corrected chi connectivity index (χ3v) is 6.68. The van der Waals surface area contributed by atoms with E-state index in [1.807, 2.05) is 0 Å². The van der Waals surface area contributed by atoms with Crippen molar-refractivity contribution in [2.45, 2.75) is 19.8 Å². The van der Waals surface area contributed by atoms with E-state index in [-0.39, 0.29) is 0 Å². The second-order valence-electron chi connectivity index (χ2n) is 6.09. The van der Waals surface area contributed by atoms with Crippen LogP contribution in [0.15, 0.2) is 66.7 Å². The summed E-state index contributed by atoms with van der Waals surface area (Å²) in [7, 11) is 0. The summed E-state index contributed by atoms with van der Waals surface area (Å²) in [4.78, 5) is 0. The van der Waals surface area contributed by atoms with Crippen LogP contribution in [0.3, 0.4) is 0 Å². The van der Waals surface area contributed by atoms with Gasteiger partial charge < -0.3 is 0 Å². The van der Waals surface area contributed by atoms with E-state index in [9.17, 15) is 0 Å². The maximum absolute atomic E-state index is 2.41. The molecule has 0 spiro atoms. The molecule has 0 aliphatic heterocycles. The van der Waals surface area contributed by atoms with Crippen molar-refractivity contribution in [3.63, 3.8) is 0 Å². The molecule has 22 heavy (non-hydrogen) atoms. The van der Waals surface area contributed by atoms with E-state index >= 15 is 0 Å². The van der Waals surface area contributed by atoms with Crippen molar-refractivity contribution in [1.82, 2.24) is 0 Å². The molecule has 0 unspecified atom stereocenters. The van der Waals surface area contributed by atoms with Gasteiger partial charge in [0.05, 0.1) is 0 Å². The Morgan fingerprint density at radius 2 is 1.36 bits per heavy atom. The van der Waals surface area contributed by atoms with E-state index in [1.54, 1.807) is 0 Å². The fourth-order valence-electron chi connectivity index (χ4n) is 2.96. The van der Waals surface area contributed by atoms with Crippen LogP contribution in [0.25, 0.3) is 30.4 Å². The van der Waals surface area contributed by atoms with Gasteiger partial charge in [-0.1, -0.05) is 0 Å². The molecule has 0 atom stereocenters. The second-order valence-corrected chi connectivity index (χ2v) is 8.36. The van der Waals surface area contributed by atoms with Gasteiger partial charge in [-0.25, -0.2) is 0 Å². The molecular weight excluding hydrogens is 331 g/mol. The summed E-state index contributed by atoms with van der Waals surface area (Å²) in [6.07, 6.45) is 0. The van der Waals surface area contributed by atoms with Crippen molar-refractivity contribution < 1.29 is 0 Å². The van der Waals surface area contributed by atoms with Crippen LogP contribution in [-0.4, -0.2) is 14.5 Å². The van der Waals surface area contributed by atoms with Gasteiger partial charge in [-0.2, -0.15) is 0 Å². The molecule has 0 fully saturated rings. The number of fused-ring (bicyclic) bond motifs is 3. The molecule has 108 valence electrons. The zero-order valence-corrected chi connectivity index (χ0v) is 14.5. The monoisotopic (exact) mass is 350 g/mol. The van der Waals surface area contributed by atoms with Crippen molar-refractivity contribution in [3.05, 3.63) is 72.3 Å². The van der Waals surface area contributed by atoms with Gasteiger partial charge in [-0.05, 0) is 0 Å². The summed E-state index contributed by atoms with van der Waals surface area (Å²) >= 11 is 0.454. The minimum atomic E-state index is 0.454. The van der Waals surface area contributed by atoms with Gasteiger partial charge in [-0.15, -0.1) is 0 Å². The van der Waals surface area contributed by atoms with Crippen LogP contribution in [0.2, 0.25) is 0 Å². The predicted molar refractivity (Wildman–Crippen MR) is 97.9 cm³/mol. The molecule has 1 heteroatoms. The third kappa shape index (κ3) is 2.31. The Labute approximate surface area is 137 Å². The van der Waals surface area contributed by atoms with Gasteiger partial charge in [0.2, 0.25) is 0 Å². The average Bonchev–Trinajstić information content (AvgIpc) is 2.92. The first-order chi connectivity index (χ1) is 10.7. The Bertz CT molecular complexity index is 946. The molecule has 0 aliphatic carbocycles.